The highest BCUT2D eigenvalue weighted by Gasteiger charge is 2.15. The summed E-state index contributed by atoms with van der Waals surface area (Å²) < 4.78 is 0. The maximum Gasteiger partial charge on any atom is 0.131 e. The quantitative estimate of drug-likeness (QED) is 0.886. The van der Waals surface area contributed by atoms with Gasteiger partial charge in [0, 0.05) is 31.4 Å². The first-order chi connectivity index (χ1) is 8.66. The molecular weight excluding hydrogens is 224 g/mol. The molecule has 1 atom stereocenters. The molecule has 4 nitrogen and oxygen atoms in total. The van der Waals surface area contributed by atoms with Crippen molar-refractivity contribution in [3.8, 4) is 0 Å². The van der Waals surface area contributed by atoms with Crippen LogP contribution < -0.4 is 10.2 Å². The molecule has 0 bridgehead atoms. The summed E-state index contributed by atoms with van der Waals surface area (Å²) in [4.78, 5) is 10.9. The lowest BCUT2D eigenvalue weighted by Crippen LogP contribution is -2.42. The van der Waals surface area contributed by atoms with Gasteiger partial charge >= 0.3 is 0 Å². The van der Waals surface area contributed by atoms with Gasteiger partial charge in [-0.3, -0.25) is 0 Å². The zero-order chi connectivity index (χ0) is 13.0. The average molecular weight is 248 g/mol. The zero-order valence-electron chi connectivity index (χ0n) is 11.7. The van der Waals surface area contributed by atoms with Crippen LogP contribution in [0.15, 0.2) is 12.4 Å². The highest BCUT2D eigenvalue weighted by atomic mass is 15.2. The lowest BCUT2D eigenvalue weighted by atomic mass is 10.0. The first-order valence-corrected chi connectivity index (χ1v) is 6.93. The van der Waals surface area contributed by atoms with E-state index in [0.29, 0.717) is 12.0 Å². The number of nitrogens with one attached hydrogen (secondary N) is 1. The molecule has 2 rings (SSSR count). The normalized spacial score (nSPS) is 20.1. The fourth-order valence-corrected chi connectivity index (χ4v) is 2.39. The van der Waals surface area contributed by atoms with Gasteiger partial charge in [0.05, 0.1) is 0 Å². The molecule has 0 aromatic carbocycles. The molecule has 0 radical (unpaired) electrons. The molecule has 1 aliphatic rings. The van der Waals surface area contributed by atoms with Gasteiger partial charge in [-0.1, -0.05) is 20.3 Å². The van der Waals surface area contributed by atoms with E-state index in [1.807, 2.05) is 0 Å². The SMILES string of the molecule is CC(C)c1cc(N(C)CC2CCCCN2)ncn1. The summed E-state index contributed by atoms with van der Waals surface area (Å²) in [7, 11) is 2.11. The molecule has 1 unspecified atom stereocenters. The Labute approximate surface area is 110 Å². The third kappa shape index (κ3) is 3.42. The van der Waals surface area contributed by atoms with Crippen LogP contribution in [0, 0.1) is 0 Å². The Morgan fingerprint density at radius 1 is 1.39 bits per heavy atom. The number of anilines is 1. The van der Waals surface area contributed by atoms with Crippen LogP contribution in [-0.2, 0) is 0 Å². The molecule has 1 aromatic heterocycles. The van der Waals surface area contributed by atoms with Crippen LogP contribution in [0.4, 0.5) is 5.82 Å². The fraction of sp³-hybridized carbons (Fsp3) is 0.714. The standard InChI is InChI=1S/C14H24N4/c1-11(2)13-8-14(17-10-16-13)18(3)9-12-6-4-5-7-15-12/h8,10-12,15H,4-7,9H2,1-3H3. The minimum absolute atomic E-state index is 0.452. The van der Waals surface area contributed by atoms with E-state index < -0.39 is 0 Å². The Kier molecular flexibility index (Phi) is 4.53. The minimum atomic E-state index is 0.452. The maximum absolute atomic E-state index is 4.37. The van der Waals surface area contributed by atoms with Gasteiger partial charge in [-0.25, -0.2) is 9.97 Å². The first-order valence-electron chi connectivity index (χ1n) is 6.93. The third-order valence-electron chi connectivity index (χ3n) is 3.56. The Bertz CT molecular complexity index is 372. The van der Waals surface area contributed by atoms with E-state index >= 15 is 0 Å². The summed E-state index contributed by atoms with van der Waals surface area (Å²) in [6.45, 7) is 6.50. The second-order valence-electron chi connectivity index (χ2n) is 5.48. The summed E-state index contributed by atoms with van der Waals surface area (Å²) in [5.41, 5.74) is 1.11. The van der Waals surface area contributed by atoms with Crippen molar-refractivity contribution >= 4 is 5.82 Å². The molecule has 0 amide bonds. The Morgan fingerprint density at radius 3 is 2.89 bits per heavy atom. The van der Waals surface area contributed by atoms with Gasteiger partial charge in [0.1, 0.15) is 12.1 Å². The van der Waals surface area contributed by atoms with Crippen molar-refractivity contribution in [2.75, 3.05) is 25.0 Å². The molecular formula is C14H24N4. The number of likely N-dealkylation sites (N-methyl/N-ethyl adjacent to an activating group) is 1. The lowest BCUT2D eigenvalue weighted by molar-refractivity contribution is 0.403. The van der Waals surface area contributed by atoms with E-state index in [2.05, 4.69) is 47.1 Å². The van der Waals surface area contributed by atoms with Gasteiger partial charge in [0.15, 0.2) is 0 Å². The zero-order valence-corrected chi connectivity index (χ0v) is 11.7. The van der Waals surface area contributed by atoms with Crippen molar-refractivity contribution in [1.82, 2.24) is 15.3 Å². The molecule has 2 heterocycles. The van der Waals surface area contributed by atoms with Crippen molar-refractivity contribution in [2.45, 2.75) is 45.1 Å². The molecule has 18 heavy (non-hydrogen) atoms. The van der Waals surface area contributed by atoms with Crippen LogP contribution in [-0.4, -0.2) is 36.1 Å². The van der Waals surface area contributed by atoms with Crippen molar-refractivity contribution < 1.29 is 0 Å². The summed E-state index contributed by atoms with van der Waals surface area (Å²) in [5, 5.41) is 3.57. The maximum atomic E-state index is 4.37. The highest BCUT2D eigenvalue weighted by Crippen LogP contribution is 2.17. The summed E-state index contributed by atoms with van der Waals surface area (Å²) in [6, 6.07) is 2.70. The molecule has 1 fully saturated rings. The van der Waals surface area contributed by atoms with Crippen LogP contribution in [0.25, 0.3) is 0 Å². The van der Waals surface area contributed by atoms with E-state index in [1.54, 1.807) is 6.33 Å². The number of aromatic nitrogens is 2. The van der Waals surface area contributed by atoms with E-state index in [4.69, 9.17) is 0 Å². The second kappa shape index (κ2) is 6.14. The van der Waals surface area contributed by atoms with E-state index in [9.17, 15) is 0 Å². The van der Waals surface area contributed by atoms with E-state index in [0.717, 1.165) is 24.6 Å². The molecule has 0 aliphatic carbocycles. The molecule has 100 valence electrons. The van der Waals surface area contributed by atoms with Gasteiger partial charge in [0.25, 0.3) is 0 Å². The van der Waals surface area contributed by atoms with Crippen LogP contribution >= 0.6 is 0 Å². The third-order valence-corrected chi connectivity index (χ3v) is 3.56. The minimum Gasteiger partial charge on any atom is -0.358 e. The van der Waals surface area contributed by atoms with Crippen molar-refractivity contribution in [2.24, 2.45) is 0 Å². The largest absolute Gasteiger partial charge is 0.358 e. The summed E-state index contributed by atoms with van der Waals surface area (Å²) in [6.07, 6.45) is 5.60. The van der Waals surface area contributed by atoms with E-state index in [-0.39, 0.29) is 0 Å². The number of hydrogen-bond acceptors (Lipinski definition) is 4. The molecule has 0 saturated carbocycles. The molecule has 1 N–H and O–H groups in total. The first kappa shape index (κ1) is 13.3. The van der Waals surface area contributed by atoms with Crippen molar-refractivity contribution in [3.63, 3.8) is 0 Å². The number of nitrogens with zero attached hydrogens (tertiary/aromatic N) is 3. The van der Waals surface area contributed by atoms with Crippen LogP contribution in [0.5, 0.6) is 0 Å². The van der Waals surface area contributed by atoms with Crippen molar-refractivity contribution in [3.05, 3.63) is 18.1 Å². The molecule has 0 spiro atoms. The van der Waals surface area contributed by atoms with Crippen LogP contribution in [0.1, 0.15) is 44.7 Å². The molecule has 1 aliphatic heterocycles. The summed E-state index contributed by atoms with van der Waals surface area (Å²) >= 11 is 0. The molecule has 1 aromatic rings. The van der Waals surface area contributed by atoms with Gasteiger partial charge in [-0.15, -0.1) is 0 Å². The topological polar surface area (TPSA) is 41.0 Å². The fourth-order valence-electron chi connectivity index (χ4n) is 2.39. The predicted octanol–water partition coefficient (Wildman–Crippen LogP) is 2.18. The summed E-state index contributed by atoms with van der Waals surface area (Å²) in [5.74, 6) is 1.48. The van der Waals surface area contributed by atoms with E-state index in [1.165, 1.54) is 19.3 Å². The lowest BCUT2D eigenvalue weighted by Gasteiger charge is -2.29. The van der Waals surface area contributed by atoms with Gasteiger partial charge in [-0.2, -0.15) is 0 Å². The Morgan fingerprint density at radius 2 is 2.22 bits per heavy atom. The molecule has 1 saturated heterocycles. The average Bonchev–Trinajstić information content (AvgIpc) is 2.40. The van der Waals surface area contributed by atoms with Gasteiger partial charge in [-0.05, 0) is 25.3 Å². The van der Waals surface area contributed by atoms with Crippen molar-refractivity contribution in [1.29, 1.82) is 0 Å². The Balaban J connectivity index is 1.99. The number of hydrogen-bond donors (Lipinski definition) is 1. The molecule has 4 heteroatoms. The monoisotopic (exact) mass is 248 g/mol. The number of rotatable bonds is 4. The second-order valence-corrected chi connectivity index (χ2v) is 5.48. The van der Waals surface area contributed by atoms with Crippen LogP contribution in [0.2, 0.25) is 0 Å². The van der Waals surface area contributed by atoms with Crippen LogP contribution in [0.3, 0.4) is 0 Å². The predicted molar refractivity (Wildman–Crippen MR) is 75.0 cm³/mol. The highest BCUT2D eigenvalue weighted by molar-refractivity contribution is 5.38. The smallest absolute Gasteiger partial charge is 0.131 e. The van der Waals surface area contributed by atoms with Gasteiger partial charge in [0.2, 0.25) is 0 Å². The van der Waals surface area contributed by atoms with Gasteiger partial charge < -0.3 is 10.2 Å². The number of piperidine rings is 1. The Hall–Kier alpha value is -1.16.